The van der Waals surface area contributed by atoms with E-state index >= 15 is 0 Å². The van der Waals surface area contributed by atoms with Crippen LogP contribution in [0, 0.1) is 6.92 Å². The van der Waals surface area contributed by atoms with Gasteiger partial charge in [-0.25, -0.2) is 0 Å². The highest BCUT2D eigenvalue weighted by Gasteiger charge is 2.37. The van der Waals surface area contributed by atoms with Crippen LogP contribution in [-0.2, 0) is 0 Å². The minimum absolute atomic E-state index is 0.743. The SMILES string of the molecule is CCN[C@@H]1C[C@H]1c1ccc(C)cc1. The van der Waals surface area contributed by atoms with Gasteiger partial charge in [-0.05, 0) is 25.5 Å². The van der Waals surface area contributed by atoms with Gasteiger partial charge in [-0.2, -0.15) is 0 Å². The Morgan fingerprint density at radius 3 is 2.62 bits per heavy atom. The van der Waals surface area contributed by atoms with E-state index < -0.39 is 0 Å². The van der Waals surface area contributed by atoms with Crippen molar-refractivity contribution in [2.45, 2.75) is 32.2 Å². The fourth-order valence-electron chi connectivity index (χ4n) is 1.86. The molecular weight excluding hydrogens is 158 g/mol. The van der Waals surface area contributed by atoms with Crippen molar-refractivity contribution < 1.29 is 0 Å². The van der Waals surface area contributed by atoms with Crippen molar-refractivity contribution in [3.63, 3.8) is 0 Å². The Labute approximate surface area is 80.2 Å². The minimum Gasteiger partial charge on any atom is -0.314 e. The summed E-state index contributed by atoms with van der Waals surface area (Å²) in [6, 6.07) is 9.68. The third-order valence-electron chi connectivity index (χ3n) is 2.76. The Bertz CT molecular complexity index is 276. The molecule has 0 aliphatic heterocycles. The molecule has 0 unspecified atom stereocenters. The topological polar surface area (TPSA) is 12.0 Å². The van der Waals surface area contributed by atoms with Gasteiger partial charge in [0.25, 0.3) is 0 Å². The third kappa shape index (κ3) is 1.92. The van der Waals surface area contributed by atoms with E-state index in [1.54, 1.807) is 0 Å². The van der Waals surface area contributed by atoms with Crippen molar-refractivity contribution in [3.05, 3.63) is 35.4 Å². The summed E-state index contributed by atoms with van der Waals surface area (Å²) in [5.74, 6) is 0.778. The standard InChI is InChI=1S/C12H17N/c1-3-13-12-8-11(12)10-6-4-9(2)5-7-10/h4-7,11-13H,3,8H2,1-2H3/t11-,12+/m0/s1. The van der Waals surface area contributed by atoms with E-state index in [1.165, 1.54) is 17.5 Å². The first-order valence-electron chi connectivity index (χ1n) is 5.11. The first kappa shape index (κ1) is 8.76. The summed E-state index contributed by atoms with van der Waals surface area (Å²) in [5, 5.41) is 3.48. The van der Waals surface area contributed by atoms with Crippen molar-refractivity contribution in [2.75, 3.05) is 6.54 Å². The molecule has 1 aliphatic rings. The fraction of sp³-hybridized carbons (Fsp3) is 0.500. The average Bonchev–Trinajstić information content (AvgIpc) is 2.86. The van der Waals surface area contributed by atoms with Crippen molar-refractivity contribution in [3.8, 4) is 0 Å². The highest BCUT2D eigenvalue weighted by atomic mass is 15.0. The molecule has 1 nitrogen and oxygen atoms in total. The molecule has 0 heterocycles. The van der Waals surface area contributed by atoms with Gasteiger partial charge in [0.05, 0.1) is 0 Å². The van der Waals surface area contributed by atoms with E-state index in [0.717, 1.165) is 18.5 Å². The summed E-state index contributed by atoms with van der Waals surface area (Å²) in [6.07, 6.45) is 1.32. The van der Waals surface area contributed by atoms with Crippen LogP contribution in [0.15, 0.2) is 24.3 Å². The van der Waals surface area contributed by atoms with E-state index in [-0.39, 0.29) is 0 Å². The normalized spacial score (nSPS) is 26.0. The summed E-state index contributed by atoms with van der Waals surface area (Å²) in [7, 11) is 0. The molecule has 0 aromatic heterocycles. The largest absolute Gasteiger partial charge is 0.314 e. The van der Waals surface area contributed by atoms with Crippen molar-refractivity contribution in [1.29, 1.82) is 0 Å². The molecule has 2 rings (SSSR count). The van der Waals surface area contributed by atoms with Gasteiger partial charge < -0.3 is 5.32 Å². The maximum Gasteiger partial charge on any atom is 0.0143 e. The second kappa shape index (κ2) is 3.51. The van der Waals surface area contributed by atoms with Gasteiger partial charge >= 0.3 is 0 Å². The highest BCUT2D eigenvalue weighted by molar-refractivity contribution is 5.30. The van der Waals surface area contributed by atoms with E-state index in [9.17, 15) is 0 Å². The molecule has 2 atom stereocenters. The smallest absolute Gasteiger partial charge is 0.0143 e. The molecule has 1 aromatic rings. The predicted molar refractivity (Wildman–Crippen MR) is 56.0 cm³/mol. The van der Waals surface area contributed by atoms with Gasteiger partial charge in [-0.1, -0.05) is 36.8 Å². The van der Waals surface area contributed by atoms with Gasteiger partial charge in [0, 0.05) is 12.0 Å². The summed E-state index contributed by atoms with van der Waals surface area (Å²) >= 11 is 0. The van der Waals surface area contributed by atoms with Crippen LogP contribution in [0.25, 0.3) is 0 Å². The Morgan fingerprint density at radius 1 is 1.31 bits per heavy atom. The molecule has 0 spiro atoms. The lowest BCUT2D eigenvalue weighted by molar-refractivity contribution is 0.703. The minimum atomic E-state index is 0.743. The van der Waals surface area contributed by atoms with Crippen LogP contribution in [0.5, 0.6) is 0 Å². The molecule has 1 N–H and O–H groups in total. The first-order chi connectivity index (χ1) is 6.31. The molecule has 0 saturated heterocycles. The van der Waals surface area contributed by atoms with E-state index in [1.807, 2.05) is 0 Å². The van der Waals surface area contributed by atoms with Crippen molar-refractivity contribution >= 4 is 0 Å². The predicted octanol–water partition coefficient (Wildman–Crippen LogP) is 2.46. The third-order valence-corrected chi connectivity index (χ3v) is 2.76. The van der Waals surface area contributed by atoms with Crippen LogP contribution in [0.2, 0.25) is 0 Å². The second-order valence-corrected chi connectivity index (χ2v) is 3.92. The number of rotatable bonds is 3. The van der Waals surface area contributed by atoms with Gasteiger partial charge in [-0.15, -0.1) is 0 Å². The number of benzene rings is 1. The molecule has 1 aromatic carbocycles. The molecule has 1 saturated carbocycles. The highest BCUT2D eigenvalue weighted by Crippen LogP contribution is 2.40. The number of nitrogens with one attached hydrogen (secondary N) is 1. The summed E-state index contributed by atoms with van der Waals surface area (Å²) in [5.41, 5.74) is 2.85. The fourth-order valence-corrected chi connectivity index (χ4v) is 1.86. The lowest BCUT2D eigenvalue weighted by Crippen LogP contribution is -2.16. The zero-order chi connectivity index (χ0) is 9.26. The van der Waals surface area contributed by atoms with Crippen LogP contribution in [0.4, 0.5) is 0 Å². The summed E-state index contributed by atoms with van der Waals surface area (Å²) in [6.45, 7) is 5.40. The molecule has 1 aliphatic carbocycles. The van der Waals surface area contributed by atoms with Crippen LogP contribution in [0.3, 0.4) is 0 Å². The monoisotopic (exact) mass is 175 g/mol. The van der Waals surface area contributed by atoms with E-state index in [4.69, 9.17) is 0 Å². The van der Waals surface area contributed by atoms with Gasteiger partial charge in [0.2, 0.25) is 0 Å². The molecule has 13 heavy (non-hydrogen) atoms. The quantitative estimate of drug-likeness (QED) is 0.744. The maximum absolute atomic E-state index is 3.48. The van der Waals surface area contributed by atoms with Gasteiger partial charge in [-0.3, -0.25) is 0 Å². The average molecular weight is 175 g/mol. The van der Waals surface area contributed by atoms with Crippen LogP contribution in [-0.4, -0.2) is 12.6 Å². The van der Waals surface area contributed by atoms with E-state index in [0.29, 0.717) is 0 Å². The Hall–Kier alpha value is -0.820. The number of hydrogen-bond donors (Lipinski definition) is 1. The first-order valence-corrected chi connectivity index (χ1v) is 5.11. The zero-order valence-corrected chi connectivity index (χ0v) is 8.38. The molecule has 0 amide bonds. The maximum atomic E-state index is 3.48. The number of hydrogen-bond acceptors (Lipinski definition) is 1. The van der Waals surface area contributed by atoms with Crippen LogP contribution in [0.1, 0.15) is 30.4 Å². The zero-order valence-electron chi connectivity index (χ0n) is 8.38. The Balaban J connectivity index is 2.00. The molecule has 1 fully saturated rings. The van der Waals surface area contributed by atoms with Crippen LogP contribution >= 0.6 is 0 Å². The second-order valence-electron chi connectivity index (χ2n) is 3.92. The molecule has 0 radical (unpaired) electrons. The Kier molecular flexibility index (Phi) is 2.36. The molecular formula is C12H17N. The van der Waals surface area contributed by atoms with Crippen molar-refractivity contribution in [2.24, 2.45) is 0 Å². The lowest BCUT2D eigenvalue weighted by atomic mass is 10.1. The van der Waals surface area contributed by atoms with Gasteiger partial charge in [0.1, 0.15) is 0 Å². The van der Waals surface area contributed by atoms with Crippen LogP contribution < -0.4 is 5.32 Å². The number of likely N-dealkylation sites (N-methyl/N-ethyl adjacent to an activating group) is 1. The molecule has 1 heteroatoms. The lowest BCUT2D eigenvalue weighted by Gasteiger charge is -2.01. The number of aryl methyl sites for hydroxylation is 1. The molecule has 70 valence electrons. The van der Waals surface area contributed by atoms with Crippen molar-refractivity contribution in [1.82, 2.24) is 5.32 Å². The Morgan fingerprint density at radius 2 is 2.00 bits per heavy atom. The summed E-state index contributed by atoms with van der Waals surface area (Å²) < 4.78 is 0. The summed E-state index contributed by atoms with van der Waals surface area (Å²) in [4.78, 5) is 0. The van der Waals surface area contributed by atoms with E-state index in [2.05, 4.69) is 43.4 Å². The molecule has 0 bridgehead atoms. The van der Waals surface area contributed by atoms with Gasteiger partial charge in [0.15, 0.2) is 0 Å².